The summed E-state index contributed by atoms with van der Waals surface area (Å²) in [4.78, 5) is 25.0. The van der Waals surface area contributed by atoms with Crippen LogP contribution in [0.15, 0.2) is 18.2 Å². The zero-order valence-electron chi connectivity index (χ0n) is 9.53. The molecule has 1 heterocycles. The van der Waals surface area contributed by atoms with Crippen molar-refractivity contribution in [1.82, 2.24) is 4.90 Å². The first kappa shape index (κ1) is 13.2. The summed E-state index contributed by atoms with van der Waals surface area (Å²) in [6.45, 7) is 0.524. The predicted molar refractivity (Wildman–Crippen MR) is 69.7 cm³/mol. The maximum absolute atomic E-state index is 12.3. The maximum Gasteiger partial charge on any atom is 0.254 e. The number of amides is 2. The Morgan fingerprint density at radius 3 is 2.39 bits per heavy atom. The number of nitrogens with zero attached hydrogens (tertiary/aromatic N) is 1. The normalized spacial score (nSPS) is 19.0. The number of hydrogen-bond acceptors (Lipinski definition) is 2. The van der Waals surface area contributed by atoms with Gasteiger partial charge in [0.2, 0.25) is 5.91 Å². The van der Waals surface area contributed by atoms with E-state index in [1.165, 1.54) is 17.0 Å². The maximum atomic E-state index is 12.3. The molecule has 0 unspecified atom stereocenters. The van der Waals surface area contributed by atoms with E-state index in [0.717, 1.165) is 6.42 Å². The first-order valence-electron chi connectivity index (χ1n) is 5.55. The zero-order valence-corrected chi connectivity index (χ0v) is 11.0. The number of primary amides is 1. The SMILES string of the molecule is NC(=O)[C@@H]1CCCN1C(=O)c1cc(Cl)cc(Cl)c1. The summed E-state index contributed by atoms with van der Waals surface area (Å²) in [6, 6.07) is 4.09. The van der Waals surface area contributed by atoms with Crippen molar-refractivity contribution in [3.05, 3.63) is 33.8 Å². The van der Waals surface area contributed by atoms with E-state index >= 15 is 0 Å². The van der Waals surface area contributed by atoms with Gasteiger partial charge in [-0.15, -0.1) is 0 Å². The van der Waals surface area contributed by atoms with Crippen LogP contribution in [0.25, 0.3) is 0 Å². The first-order valence-corrected chi connectivity index (χ1v) is 6.31. The molecule has 1 atom stereocenters. The molecular formula is C12H12Cl2N2O2. The van der Waals surface area contributed by atoms with Crippen LogP contribution in [0, 0.1) is 0 Å². The Bertz CT molecular complexity index is 485. The van der Waals surface area contributed by atoms with Crippen molar-refractivity contribution in [3.8, 4) is 0 Å². The highest BCUT2D eigenvalue weighted by molar-refractivity contribution is 6.35. The molecule has 1 saturated heterocycles. The molecule has 6 heteroatoms. The molecule has 96 valence electrons. The number of benzene rings is 1. The fourth-order valence-electron chi connectivity index (χ4n) is 2.15. The van der Waals surface area contributed by atoms with Crippen LogP contribution in [0.5, 0.6) is 0 Å². The van der Waals surface area contributed by atoms with Gasteiger partial charge in [0.05, 0.1) is 0 Å². The van der Waals surface area contributed by atoms with E-state index in [1.54, 1.807) is 6.07 Å². The Morgan fingerprint density at radius 2 is 1.83 bits per heavy atom. The molecule has 1 aliphatic rings. The van der Waals surface area contributed by atoms with Gasteiger partial charge < -0.3 is 10.6 Å². The quantitative estimate of drug-likeness (QED) is 0.905. The number of likely N-dealkylation sites (tertiary alicyclic amines) is 1. The van der Waals surface area contributed by atoms with Crippen LogP contribution in [-0.2, 0) is 4.79 Å². The van der Waals surface area contributed by atoms with Crippen LogP contribution in [0.3, 0.4) is 0 Å². The molecule has 2 N–H and O–H groups in total. The molecule has 1 fully saturated rings. The van der Waals surface area contributed by atoms with Crippen molar-refractivity contribution in [2.75, 3.05) is 6.54 Å². The van der Waals surface area contributed by atoms with Crippen molar-refractivity contribution in [2.24, 2.45) is 5.73 Å². The second-order valence-electron chi connectivity index (χ2n) is 4.22. The number of carbonyl (C=O) groups is 2. The molecule has 1 aliphatic heterocycles. The van der Waals surface area contributed by atoms with Gasteiger partial charge in [0.25, 0.3) is 5.91 Å². The van der Waals surface area contributed by atoms with Gasteiger partial charge in [0, 0.05) is 22.2 Å². The van der Waals surface area contributed by atoms with Gasteiger partial charge in [0.1, 0.15) is 6.04 Å². The number of carbonyl (C=O) groups excluding carboxylic acids is 2. The summed E-state index contributed by atoms with van der Waals surface area (Å²) >= 11 is 11.7. The molecule has 2 amide bonds. The number of rotatable bonds is 2. The van der Waals surface area contributed by atoms with Crippen molar-refractivity contribution in [1.29, 1.82) is 0 Å². The predicted octanol–water partition coefficient (Wildman–Crippen LogP) is 2.08. The number of nitrogens with two attached hydrogens (primary N) is 1. The minimum atomic E-state index is -0.532. The third kappa shape index (κ3) is 2.60. The average molecular weight is 287 g/mol. The molecule has 0 saturated carbocycles. The molecule has 2 rings (SSSR count). The molecule has 1 aromatic rings. The Labute approximate surface area is 115 Å². The van der Waals surface area contributed by atoms with Gasteiger partial charge in [-0.2, -0.15) is 0 Å². The molecule has 0 aliphatic carbocycles. The van der Waals surface area contributed by atoms with Gasteiger partial charge in [-0.3, -0.25) is 9.59 Å². The molecule has 0 bridgehead atoms. The second kappa shape index (κ2) is 5.16. The van der Waals surface area contributed by atoms with E-state index in [9.17, 15) is 9.59 Å². The zero-order chi connectivity index (χ0) is 13.3. The van der Waals surface area contributed by atoms with E-state index in [1.807, 2.05) is 0 Å². The van der Waals surface area contributed by atoms with E-state index < -0.39 is 11.9 Å². The fraction of sp³-hybridized carbons (Fsp3) is 0.333. The standard InChI is InChI=1S/C12H12Cl2N2O2/c13-8-4-7(5-9(14)6-8)12(18)16-3-1-2-10(16)11(15)17/h4-6,10H,1-3H2,(H2,15,17)/t10-/m0/s1. The Hall–Kier alpha value is -1.26. The Morgan fingerprint density at radius 1 is 1.22 bits per heavy atom. The van der Waals surface area contributed by atoms with E-state index in [0.29, 0.717) is 28.6 Å². The molecule has 0 aromatic heterocycles. The highest BCUT2D eigenvalue weighted by atomic mass is 35.5. The summed E-state index contributed by atoms with van der Waals surface area (Å²) in [7, 11) is 0. The second-order valence-corrected chi connectivity index (χ2v) is 5.09. The fourth-order valence-corrected chi connectivity index (χ4v) is 2.67. The van der Waals surface area contributed by atoms with Crippen molar-refractivity contribution >= 4 is 35.0 Å². The molecule has 1 aromatic carbocycles. The lowest BCUT2D eigenvalue weighted by molar-refractivity contribution is -0.121. The summed E-state index contributed by atoms with van der Waals surface area (Å²) in [6.07, 6.45) is 1.38. The third-order valence-electron chi connectivity index (χ3n) is 2.95. The first-order chi connectivity index (χ1) is 8.49. The van der Waals surface area contributed by atoms with Crippen molar-refractivity contribution in [3.63, 3.8) is 0 Å². The molecular weight excluding hydrogens is 275 g/mol. The number of halogens is 2. The van der Waals surface area contributed by atoms with Crippen LogP contribution in [0.2, 0.25) is 10.0 Å². The van der Waals surface area contributed by atoms with Crippen LogP contribution >= 0.6 is 23.2 Å². The highest BCUT2D eigenvalue weighted by Gasteiger charge is 2.33. The third-order valence-corrected chi connectivity index (χ3v) is 3.39. The van der Waals surface area contributed by atoms with E-state index in [-0.39, 0.29) is 5.91 Å². The summed E-state index contributed by atoms with van der Waals surface area (Å²) < 4.78 is 0. The lowest BCUT2D eigenvalue weighted by Crippen LogP contribution is -2.43. The largest absolute Gasteiger partial charge is 0.368 e. The Kier molecular flexibility index (Phi) is 3.78. The minimum Gasteiger partial charge on any atom is -0.368 e. The van der Waals surface area contributed by atoms with Crippen LogP contribution in [0.4, 0.5) is 0 Å². The van der Waals surface area contributed by atoms with E-state index in [4.69, 9.17) is 28.9 Å². The highest BCUT2D eigenvalue weighted by Crippen LogP contribution is 2.24. The summed E-state index contributed by atoms with van der Waals surface area (Å²) in [5.41, 5.74) is 5.65. The van der Waals surface area contributed by atoms with Gasteiger partial charge >= 0.3 is 0 Å². The molecule has 0 radical (unpaired) electrons. The van der Waals surface area contributed by atoms with Gasteiger partial charge in [-0.25, -0.2) is 0 Å². The Balaban J connectivity index is 2.28. The lowest BCUT2D eigenvalue weighted by Gasteiger charge is -2.22. The van der Waals surface area contributed by atoms with Crippen LogP contribution in [0.1, 0.15) is 23.2 Å². The van der Waals surface area contributed by atoms with Crippen molar-refractivity contribution < 1.29 is 9.59 Å². The van der Waals surface area contributed by atoms with Gasteiger partial charge in [-0.1, -0.05) is 23.2 Å². The summed E-state index contributed by atoms with van der Waals surface area (Å²) in [5, 5.41) is 0.779. The summed E-state index contributed by atoms with van der Waals surface area (Å²) in [5.74, 6) is -0.741. The lowest BCUT2D eigenvalue weighted by atomic mass is 10.1. The van der Waals surface area contributed by atoms with Crippen LogP contribution < -0.4 is 5.73 Å². The monoisotopic (exact) mass is 286 g/mol. The minimum absolute atomic E-state index is 0.263. The number of hydrogen-bond donors (Lipinski definition) is 1. The van der Waals surface area contributed by atoms with E-state index in [2.05, 4.69) is 0 Å². The average Bonchev–Trinajstić information content (AvgIpc) is 2.75. The smallest absolute Gasteiger partial charge is 0.254 e. The van der Waals surface area contributed by atoms with Gasteiger partial charge in [-0.05, 0) is 31.0 Å². The molecule has 18 heavy (non-hydrogen) atoms. The molecule has 0 spiro atoms. The topological polar surface area (TPSA) is 63.4 Å². The van der Waals surface area contributed by atoms with Crippen LogP contribution in [-0.4, -0.2) is 29.3 Å². The molecule has 4 nitrogen and oxygen atoms in total. The van der Waals surface area contributed by atoms with Crippen molar-refractivity contribution in [2.45, 2.75) is 18.9 Å². The van der Waals surface area contributed by atoms with Gasteiger partial charge in [0.15, 0.2) is 0 Å².